The van der Waals surface area contributed by atoms with Gasteiger partial charge in [0.15, 0.2) is 0 Å². The monoisotopic (exact) mass is 160 g/mol. The van der Waals surface area contributed by atoms with Gasteiger partial charge in [-0.2, -0.15) is 0 Å². The first-order valence-corrected chi connectivity index (χ1v) is 4.48. The SMILES string of the molecule is CCCCCCC(CO)OC. The maximum Gasteiger partial charge on any atom is 0.0802 e. The van der Waals surface area contributed by atoms with E-state index in [4.69, 9.17) is 9.84 Å². The van der Waals surface area contributed by atoms with Gasteiger partial charge in [0.2, 0.25) is 0 Å². The van der Waals surface area contributed by atoms with Crippen molar-refractivity contribution < 1.29 is 9.84 Å². The molecule has 0 aromatic heterocycles. The molecule has 0 radical (unpaired) electrons. The molecule has 0 bridgehead atoms. The number of hydrogen-bond donors (Lipinski definition) is 1. The van der Waals surface area contributed by atoms with E-state index in [-0.39, 0.29) is 12.7 Å². The van der Waals surface area contributed by atoms with Crippen molar-refractivity contribution in [3.63, 3.8) is 0 Å². The van der Waals surface area contributed by atoms with E-state index < -0.39 is 0 Å². The molecule has 0 amide bonds. The maximum absolute atomic E-state index is 8.76. The Balaban J connectivity index is 3.07. The Hall–Kier alpha value is -0.0800. The second-order valence-electron chi connectivity index (χ2n) is 2.89. The fourth-order valence-corrected chi connectivity index (χ4v) is 1.08. The quantitative estimate of drug-likeness (QED) is 0.577. The fourth-order valence-electron chi connectivity index (χ4n) is 1.08. The molecular formula is C9H20O2. The Labute approximate surface area is 69.6 Å². The van der Waals surface area contributed by atoms with Gasteiger partial charge in [0.05, 0.1) is 12.7 Å². The van der Waals surface area contributed by atoms with E-state index in [1.54, 1.807) is 7.11 Å². The molecule has 1 N–H and O–H groups in total. The van der Waals surface area contributed by atoms with Gasteiger partial charge in [-0.1, -0.05) is 32.6 Å². The van der Waals surface area contributed by atoms with Crippen LogP contribution in [0.1, 0.15) is 39.0 Å². The molecule has 0 rings (SSSR count). The minimum atomic E-state index is 0.0619. The number of methoxy groups -OCH3 is 1. The Morgan fingerprint density at radius 1 is 1.27 bits per heavy atom. The summed E-state index contributed by atoms with van der Waals surface area (Å²) in [5.41, 5.74) is 0. The number of aliphatic hydroxyl groups excluding tert-OH is 1. The summed E-state index contributed by atoms with van der Waals surface area (Å²) in [7, 11) is 1.65. The van der Waals surface area contributed by atoms with Crippen molar-refractivity contribution in [3.8, 4) is 0 Å². The summed E-state index contributed by atoms with van der Waals surface area (Å²) in [4.78, 5) is 0. The summed E-state index contributed by atoms with van der Waals surface area (Å²) >= 11 is 0. The van der Waals surface area contributed by atoms with Crippen LogP contribution in [0, 0.1) is 0 Å². The second kappa shape index (κ2) is 8.02. The van der Waals surface area contributed by atoms with Gasteiger partial charge in [0, 0.05) is 7.11 Å². The first-order valence-electron chi connectivity index (χ1n) is 4.48. The first-order chi connectivity index (χ1) is 5.35. The van der Waals surface area contributed by atoms with Gasteiger partial charge in [-0.3, -0.25) is 0 Å². The predicted molar refractivity (Wildman–Crippen MR) is 46.6 cm³/mol. The molecule has 0 aromatic carbocycles. The summed E-state index contributed by atoms with van der Waals surface area (Å²) in [5.74, 6) is 0. The molecule has 0 spiro atoms. The third-order valence-corrected chi connectivity index (χ3v) is 1.92. The smallest absolute Gasteiger partial charge is 0.0802 e. The lowest BCUT2D eigenvalue weighted by Crippen LogP contribution is -2.14. The molecule has 0 aromatic rings. The van der Waals surface area contributed by atoms with Gasteiger partial charge >= 0.3 is 0 Å². The number of aliphatic hydroxyl groups is 1. The average Bonchev–Trinajstić information content (AvgIpc) is 2.05. The van der Waals surface area contributed by atoms with Crippen LogP contribution in [0.3, 0.4) is 0 Å². The van der Waals surface area contributed by atoms with Gasteiger partial charge in [0.25, 0.3) is 0 Å². The topological polar surface area (TPSA) is 29.5 Å². The molecule has 2 heteroatoms. The van der Waals surface area contributed by atoms with Crippen molar-refractivity contribution in [2.75, 3.05) is 13.7 Å². The number of unbranched alkanes of at least 4 members (excludes halogenated alkanes) is 3. The van der Waals surface area contributed by atoms with Crippen molar-refractivity contribution in [3.05, 3.63) is 0 Å². The van der Waals surface area contributed by atoms with E-state index in [9.17, 15) is 0 Å². The first kappa shape index (κ1) is 10.9. The Bertz CT molecular complexity index is 70.0. The lowest BCUT2D eigenvalue weighted by Gasteiger charge is -2.10. The molecule has 0 saturated carbocycles. The fraction of sp³-hybridized carbons (Fsp3) is 1.00. The number of ether oxygens (including phenoxy) is 1. The minimum Gasteiger partial charge on any atom is -0.394 e. The van der Waals surface area contributed by atoms with E-state index in [0.29, 0.717) is 0 Å². The third kappa shape index (κ3) is 6.32. The molecule has 2 nitrogen and oxygen atoms in total. The maximum atomic E-state index is 8.76. The molecule has 1 atom stereocenters. The predicted octanol–water partition coefficient (Wildman–Crippen LogP) is 1.96. The zero-order valence-corrected chi connectivity index (χ0v) is 7.68. The largest absolute Gasteiger partial charge is 0.394 e. The normalized spacial score (nSPS) is 13.4. The highest BCUT2D eigenvalue weighted by Crippen LogP contribution is 2.06. The van der Waals surface area contributed by atoms with E-state index in [1.807, 2.05) is 0 Å². The standard InChI is InChI=1S/C9H20O2/c1-3-4-5-6-7-9(8-10)11-2/h9-10H,3-8H2,1-2H3. The summed E-state index contributed by atoms with van der Waals surface area (Å²) in [6, 6.07) is 0. The van der Waals surface area contributed by atoms with E-state index in [2.05, 4.69) is 6.92 Å². The van der Waals surface area contributed by atoms with Crippen molar-refractivity contribution >= 4 is 0 Å². The number of hydrogen-bond acceptors (Lipinski definition) is 2. The molecule has 11 heavy (non-hydrogen) atoms. The molecule has 0 fully saturated rings. The van der Waals surface area contributed by atoms with E-state index in [0.717, 1.165) is 6.42 Å². The van der Waals surface area contributed by atoms with Crippen LogP contribution < -0.4 is 0 Å². The van der Waals surface area contributed by atoms with Gasteiger partial charge in [0.1, 0.15) is 0 Å². The van der Waals surface area contributed by atoms with E-state index >= 15 is 0 Å². The summed E-state index contributed by atoms with van der Waals surface area (Å²) < 4.78 is 5.03. The lowest BCUT2D eigenvalue weighted by atomic mass is 10.1. The van der Waals surface area contributed by atoms with Crippen molar-refractivity contribution in [2.45, 2.75) is 45.1 Å². The minimum absolute atomic E-state index is 0.0619. The highest BCUT2D eigenvalue weighted by molar-refractivity contribution is 4.54. The molecule has 0 heterocycles. The highest BCUT2D eigenvalue weighted by atomic mass is 16.5. The van der Waals surface area contributed by atoms with Crippen LogP contribution in [0.4, 0.5) is 0 Å². The van der Waals surface area contributed by atoms with Crippen molar-refractivity contribution in [2.24, 2.45) is 0 Å². The third-order valence-electron chi connectivity index (χ3n) is 1.92. The molecule has 0 aliphatic carbocycles. The average molecular weight is 160 g/mol. The van der Waals surface area contributed by atoms with Crippen LogP contribution >= 0.6 is 0 Å². The second-order valence-corrected chi connectivity index (χ2v) is 2.89. The van der Waals surface area contributed by atoms with Crippen LogP contribution in [0.25, 0.3) is 0 Å². The Morgan fingerprint density at radius 3 is 2.45 bits per heavy atom. The zero-order valence-electron chi connectivity index (χ0n) is 7.68. The van der Waals surface area contributed by atoms with Crippen molar-refractivity contribution in [1.29, 1.82) is 0 Å². The molecule has 0 aliphatic rings. The Morgan fingerprint density at radius 2 is 2.00 bits per heavy atom. The Kier molecular flexibility index (Phi) is 7.96. The van der Waals surface area contributed by atoms with Gasteiger partial charge in [-0.25, -0.2) is 0 Å². The molecular weight excluding hydrogens is 140 g/mol. The van der Waals surface area contributed by atoms with Crippen LogP contribution in [0.5, 0.6) is 0 Å². The van der Waals surface area contributed by atoms with Crippen LogP contribution in [0.15, 0.2) is 0 Å². The van der Waals surface area contributed by atoms with Gasteiger partial charge in [-0.05, 0) is 6.42 Å². The summed E-state index contributed by atoms with van der Waals surface area (Å²) in [6.45, 7) is 2.35. The van der Waals surface area contributed by atoms with Crippen LogP contribution in [-0.4, -0.2) is 24.9 Å². The van der Waals surface area contributed by atoms with Crippen LogP contribution in [-0.2, 0) is 4.74 Å². The lowest BCUT2D eigenvalue weighted by molar-refractivity contribution is 0.0415. The number of rotatable bonds is 7. The molecule has 68 valence electrons. The van der Waals surface area contributed by atoms with Gasteiger partial charge < -0.3 is 9.84 Å². The van der Waals surface area contributed by atoms with E-state index in [1.165, 1.54) is 25.7 Å². The molecule has 1 unspecified atom stereocenters. The van der Waals surface area contributed by atoms with Crippen LogP contribution in [0.2, 0.25) is 0 Å². The van der Waals surface area contributed by atoms with Gasteiger partial charge in [-0.15, -0.1) is 0 Å². The summed E-state index contributed by atoms with van der Waals surface area (Å²) in [5, 5.41) is 8.76. The highest BCUT2D eigenvalue weighted by Gasteiger charge is 2.03. The summed E-state index contributed by atoms with van der Waals surface area (Å²) in [6.07, 6.45) is 6.04. The molecule has 0 saturated heterocycles. The zero-order chi connectivity index (χ0) is 8.53. The molecule has 0 aliphatic heterocycles. The van der Waals surface area contributed by atoms with Crippen molar-refractivity contribution in [1.82, 2.24) is 0 Å².